The maximum absolute atomic E-state index is 11.1. The molecule has 0 saturated carbocycles. The minimum atomic E-state index is -0.451. The van der Waals surface area contributed by atoms with E-state index < -0.39 is 4.92 Å². The molecule has 0 atom stereocenters. The second-order valence-corrected chi connectivity index (χ2v) is 6.32. The smallest absolute Gasteiger partial charge is 0.459 e. The summed E-state index contributed by atoms with van der Waals surface area (Å²) in [5.41, 5.74) is 1.84. The van der Waals surface area contributed by atoms with Gasteiger partial charge in [0, 0.05) is 35.9 Å². The highest BCUT2D eigenvalue weighted by atomic mass is 16.6. The minimum Gasteiger partial charge on any atom is -0.459 e. The lowest BCUT2D eigenvalue weighted by Crippen LogP contribution is -2.47. The van der Waals surface area contributed by atoms with Gasteiger partial charge in [-0.1, -0.05) is 47.0 Å². The number of benzene rings is 3. The van der Waals surface area contributed by atoms with Crippen LogP contribution in [0.5, 0.6) is 11.9 Å². The molecule has 7 nitrogen and oxygen atoms in total. The van der Waals surface area contributed by atoms with Crippen molar-refractivity contribution in [1.82, 2.24) is 0 Å². The standard InChI is InChI=1S/C21H15N3O4/c25-20-18-11-4-5-12-19(18)22(14-15-7-6-10-17(13-15)24(27)28)21(26)23(20)16-8-2-1-3-9-16/h1-13H,14H2/p+2. The third-order valence-electron chi connectivity index (χ3n) is 4.57. The first-order chi connectivity index (χ1) is 13.6. The fourth-order valence-corrected chi connectivity index (χ4v) is 3.26. The molecule has 0 amide bonds. The van der Waals surface area contributed by atoms with Crippen LogP contribution in [-0.2, 0) is 6.54 Å². The molecule has 0 saturated heterocycles. The molecule has 0 aliphatic rings. The van der Waals surface area contributed by atoms with E-state index >= 15 is 0 Å². The molecule has 0 radical (unpaired) electrons. The summed E-state index contributed by atoms with van der Waals surface area (Å²) in [4.78, 5) is 10.6. The van der Waals surface area contributed by atoms with Gasteiger partial charge in [-0.2, -0.15) is 0 Å². The average molecular weight is 375 g/mol. The van der Waals surface area contributed by atoms with E-state index in [0.29, 0.717) is 22.2 Å². The summed E-state index contributed by atoms with van der Waals surface area (Å²) in [5.74, 6) is -0.0883. The molecule has 1 heterocycles. The zero-order chi connectivity index (χ0) is 19.7. The highest BCUT2D eigenvalue weighted by molar-refractivity contribution is 5.79. The summed E-state index contributed by atoms with van der Waals surface area (Å²) in [6, 6.07) is 22.2. The molecule has 0 bridgehead atoms. The van der Waals surface area contributed by atoms with E-state index in [-0.39, 0.29) is 24.1 Å². The Morgan fingerprint density at radius 2 is 1.61 bits per heavy atom. The number of hydrogen-bond acceptors (Lipinski definition) is 4. The fraction of sp³-hybridized carbons (Fsp3) is 0.0476. The average Bonchev–Trinajstić information content (AvgIpc) is 2.72. The number of aromatic nitrogens is 2. The van der Waals surface area contributed by atoms with Gasteiger partial charge < -0.3 is 10.2 Å². The van der Waals surface area contributed by atoms with Crippen molar-refractivity contribution in [3.05, 3.63) is 94.5 Å². The number of aromatic hydroxyl groups is 2. The first-order valence-electron chi connectivity index (χ1n) is 8.63. The van der Waals surface area contributed by atoms with E-state index in [1.54, 1.807) is 65.2 Å². The maximum atomic E-state index is 11.1. The van der Waals surface area contributed by atoms with Crippen molar-refractivity contribution in [2.45, 2.75) is 6.54 Å². The Balaban J connectivity index is 1.95. The predicted octanol–water partition coefficient (Wildman–Crippen LogP) is 2.77. The molecule has 0 spiro atoms. The Hall–Kier alpha value is -4.00. The summed E-state index contributed by atoms with van der Waals surface area (Å²) in [6.07, 6.45) is 0. The molecular formula is C21H17N3O4+2. The molecule has 1 aromatic heterocycles. The van der Waals surface area contributed by atoms with Crippen LogP contribution >= 0.6 is 0 Å². The van der Waals surface area contributed by atoms with E-state index in [4.69, 9.17) is 0 Å². The number of nitrogens with zero attached hydrogens (tertiary/aromatic N) is 3. The van der Waals surface area contributed by atoms with Crippen molar-refractivity contribution in [3.8, 4) is 17.6 Å². The van der Waals surface area contributed by atoms with Crippen molar-refractivity contribution in [2.24, 2.45) is 0 Å². The zero-order valence-electron chi connectivity index (χ0n) is 14.8. The SMILES string of the molecule is O=[N+]([O-])c1cccc(C[n+]2c(O)[n+](-c3ccccc3)c(O)c3ccccc32)c1. The summed E-state index contributed by atoms with van der Waals surface area (Å²) in [5, 5.41) is 33.4. The minimum absolute atomic E-state index is 0.0170. The summed E-state index contributed by atoms with van der Waals surface area (Å²) in [7, 11) is 0. The van der Waals surface area contributed by atoms with Gasteiger partial charge in [0.25, 0.3) is 5.69 Å². The molecule has 2 N–H and O–H groups in total. The van der Waals surface area contributed by atoms with Crippen molar-refractivity contribution in [1.29, 1.82) is 0 Å². The van der Waals surface area contributed by atoms with Crippen molar-refractivity contribution >= 4 is 16.6 Å². The zero-order valence-corrected chi connectivity index (χ0v) is 14.8. The fourth-order valence-electron chi connectivity index (χ4n) is 3.26. The molecule has 4 rings (SSSR count). The van der Waals surface area contributed by atoms with Gasteiger partial charge in [0.05, 0.1) is 4.92 Å². The van der Waals surface area contributed by atoms with Crippen LogP contribution in [0.25, 0.3) is 16.6 Å². The third-order valence-corrected chi connectivity index (χ3v) is 4.57. The first-order valence-corrected chi connectivity index (χ1v) is 8.63. The number of hydrogen-bond donors (Lipinski definition) is 2. The molecule has 28 heavy (non-hydrogen) atoms. The van der Waals surface area contributed by atoms with E-state index in [9.17, 15) is 20.3 Å². The van der Waals surface area contributed by atoms with Crippen LogP contribution in [0.3, 0.4) is 0 Å². The number of nitro groups is 1. The van der Waals surface area contributed by atoms with Gasteiger partial charge in [-0.05, 0) is 10.6 Å². The van der Waals surface area contributed by atoms with Gasteiger partial charge in [-0.3, -0.25) is 10.1 Å². The van der Waals surface area contributed by atoms with E-state index in [1.165, 1.54) is 16.7 Å². The second kappa shape index (κ2) is 6.96. The van der Waals surface area contributed by atoms with Crippen LogP contribution in [0, 0.1) is 10.1 Å². The molecule has 3 aromatic carbocycles. The largest absolute Gasteiger partial charge is 0.638 e. The number of non-ortho nitro benzene ring substituents is 1. The summed E-state index contributed by atoms with van der Waals surface area (Å²) in [6.45, 7) is 0.196. The van der Waals surface area contributed by atoms with Crippen LogP contribution in [0.15, 0.2) is 78.9 Å². The first kappa shape index (κ1) is 17.4. The highest BCUT2D eigenvalue weighted by Crippen LogP contribution is 2.23. The van der Waals surface area contributed by atoms with Gasteiger partial charge in [0.15, 0.2) is 11.9 Å². The Morgan fingerprint density at radius 1 is 0.893 bits per heavy atom. The van der Waals surface area contributed by atoms with Gasteiger partial charge in [0.1, 0.15) is 0 Å². The van der Waals surface area contributed by atoms with E-state index in [0.717, 1.165) is 0 Å². The van der Waals surface area contributed by atoms with Crippen LogP contribution in [-0.4, -0.2) is 15.1 Å². The summed E-state index contributed by atoms with van der Waals surface area (Å²) >= 11 is 0. The van der Waals surface area contributed by atoms with Crippen LogP contribution < -0.4 is 9.13 Å². The Kier molecular flexibility index (Phi) is 4.33. The normalized spacial score (nSPS) is 10.9. The number of nitro benzene ring substituents is 1. The lowest BCUT2D eigenvalue weighted by Gasteiger charge is -2.05. The van der Waals surface area contributed by atoms with Crippen LogP contribution in [0.2, 0.25) is 0 Å². The molecular weight excluding hydrogens is 358 g/mol. The molecule has 0 fully saturated rings. The second-order valence-electron chi connectivity index (χ2n) is 6.32. The van der Waals surface area contributed by atoms with E-state index in [1.807, 2.05) is 6.07 Å². The molecule has 0 aliphatic carbocycles. The van der Waals surface area contributed by atoms with Gasteiger partial charge >= 0.3 is 11.9 Å². The molecule has 0 unspecified atom stereocenters. The van der Waals surface area contributed by atoms with Crippen molar-refractivity contribution in [3.63, 3.8) is 0 Å². The topological polar surface area (TPSA) is 91.4 Å². The monoisotopic (exact) mass is 375 g/mol. The van der Waals surface area contributed by atoms with Crippen molar-refractivity contribution in [2.75, 3.05) is 0 Å². The van der Waals surface area contributed by atoms with Crippen LogP contribution in [0.4, 0.5) is 5.69 Å². The van der Waals surface area contributed by atoms with Crippen LogP contribution in [0.1, 0.15) is 5.56 Å². The van der Waals surface area contributed by atoms with Gasteiger partial charge in [0.2, 0.25) is 11.2 Å². The summed E-state index contributed by atoms with van der Waals surface area (Å²) < 4.78 is 2.96. The molecule has 0 aliphatic heterocycles. The lowest BCUT2D eigenvalue weighted by atomic mass is 10.1. The molecule has 7 heteroatoms. The number of rotatable bonds is 4. The Bertz CT molecular complexity index is 1190. The number of fused-ring (bicyclic) bond motifs is 1. The van der Waals surface area contributed by atoms with Gasteiger partial charge in [-0.15, -0.1) is 0 Å². The van der Waals surface area contributed by atoms with E-state index in [2.05, 4.69) is 0 Å². The third kappa shape index (κ3) is 2.99. The Morgan fingerprint density at radius 3 is 2.36 bits per heavy atom. The Labute approximate surface area is 160 Å². The quantitative estimate of drug-likeness (QED) is 0.326. The van der Waals surface area contributed by atoms with Gasteiger partial charge in [-0.25, -0.2) is 0 Å². The predicted molar refractivity (Wildman–Crippen MR) is 101 cm³/mol. The lowest BCUT2D eigenvalue weighted by molar-refractivity contribution is -0.776. The molecule has 138 valence electrons. The molecule has 4 aromatic rings. The highest BCUT2D eigenvalue weighted by Gasteiger charge is 2.35. The number of para-hydroxylation sites is 2. The van der Waals surface area contributed by atoms with Crippen molar-refractivity contribution < 1.29 is 24.3 Å². The maximum Gasteiger partial charge on any atom is 0.638 e.